The van der Waals surface area contributed by atoms with E-state index in [1.165, 1.54) is 12.4 Å². The molecule has 2 rings (SSSR count). The topological polar surface area (TPSA) is 43.6 Å². The fraction of sp³-hybridized carbons (Fsp3) is 0.375. The normalized spacial score (nSPS) is 12.3. The van der Waals surface area contributed by atoms with E-state index in [-0.39, 0.29) is 5.65 Å². The molecule has 0 N–H and O–H groups in total. The molecule has 7 heteroatoms. The van der Waals surface area contributed by atoms with Gasteiger partial charge < -0.3 is 0 Å². The van der Waals surface area contributed by atoms with Crippen molar-refractivity contribution < 1.29 is 13.2 Å². The number of halogens is 3. The molecule has 15 heavy (non-hydrogen) atoms. The van der Waals surface area contributed by atoms with Crippen LogP contribution in [0.3, 0.4) is 0 Å². The number of alkyl halides is 3. The summed E-state index contributed by atoms with van der Waals surface area (Å²) in [6, 6.07) is 0. The van der Waals surface area contributed by atoms with Gasteiger partial charge in [0.15, 0.2) is 5.65 Å². The SMILES string of the molecule is Cc1cnc2cnn(CC(F)(F)F)c2n1. The molecule has 0 fully saturated rings. The van der Waals surface area contributed by atoms with Crippen molar-refractivity contribution in [1.29, 1.82) is 0 Å². The Morgan fingerprint density at radius 2 is 2.07 bits per heavy atom. The predicted octanol–water partition coefficient (Wildman–Crippen LogP) is 1.70. The molecule has 0 aliphatic carbocycles. The molecule has 0 saturated heterocycles. The van der Waals surface area contributed by atoms with Gasteiger partial charge in [-0.05, 0) is 6.92 Å². The van der Waals surface area contributed by atoms with Gasteiger partial charge in [-0.1, -0.05) is 0 Å². The Hall–Kier alpha value is -1.66. The number of aromatic nitrogens is 4. The standard InChI is InChI=1S/C8H7F3N4/c1-5-2-12-6-3-13-15(7(6)14-5)4-8(9,10)11/h2-3H,4H2,1H3. The average Bonchev–Trinajstić information content (AvgIpc) is 2.46. The molecular weight excluding hydrogens is 209 g/mol. The van der Waals surface area contributed by atoms with Crippen LogP contribution in [0.4, 0.5) is 13.2 Å². The van der Waals surface area contributed by atoms with E-state index in [0.29, 0.717) is 11.2 Å². The first-order valence-electron chi connectivity index (χ1n) is 4.17. The average molecular weight is 216 g/mol. The van der Waals surface area contributed by atoms with Crippen LogP contribution in [0.5, 0.6) is 0 Å². The Kier molecular flexibility index (Phi) is 2.09. The molecular formula is C8H7F3N4. The van der Waals surface area contributed by atoms with Crippen molar-refractivity contribution in [2.45, 2.75) is 19.6 Å². The van der Waals surface area contributed by atoms with Crippen LogP contribution in [0.1, 0.15) is 5.69 Å². The van der Waals surface area contributed by atoms with Gasteiger partial charge in [0.05, 0.1) is 11.9 Å². The molecule has 0 aromatic carbocycles. The number of aryl methyl sites for hydroxylation is 1. The van der Waals surface area contributed by atoms with Crippen molar-refractivity contribution in [3.05, 3.63) is 18.1 Å². The molecule has 0 aliphatic heterocycles. The number of fused-ring (bicyclic) bond motifs is 1. The van der Waals surface area contributed by atoms with Crippen molar-refractivity contribution >= 4 is 11.2 Å². The maximum atomic E-state index is 12.1. The second-order valence-electron chi connectivity index (χ2n) is 3.14. The number of rotatable bonds is 1. The monoisotopic (exact) mass is 216 g/mol. The quantitative estimate of drug-likeness (QED) is 0.728. The van der Waals surface area contributed by atoms with Crippen molar-refractivity contribution in [2.24, 2.45) is 0 Å². The molecule has 0 spiro atoms. The molecule has 80 valence electrons. The summed E-state index contributed by atoms with van der Waals surface area (Å²) in [4.78, 5) is 7.88. The third-order valence-corrected chi connectivity index (χ3v) is 1.79. The molecule has 2 heterocycles. The zero-order chi connectivity index (χ0) is 11.1. The lowest BCUT2D eigenvalue weighted by molar-refractivity contribution is -0.141. The van der Waals surface area contributed by atoms with Gasteiger partial charge in [0.25, 0.3) is 0 Å². The summed E-state index contributed by atoms with van der Waals surface area (Å²) >= 11 is 0. The van der Waals surface area contributed by atoms with E-state index in [1.807, 2.05) is 0 Å². The van der Waals surface area contributed by atoms with Crippen LogP contribution in [0, 0.1) is 6.92 Å². The van der Waals surface area contributed by atoms with Gasteiger partial charge in [-0.2, -0.15) is 18.3 Å². The highest BCUT2D eigenvalue weighted by Gasteiger charge is 2.29. The zero-order valence-electron chi connectivity index (χ0n) is 7.78. The summed E-state index contributed by atoms with van der Waals surface area (Å²) in [6.45, 7) is 0.520. The summed E-state index contributed by atoms with van der Waals surface area (Å²) in [7, 11) is 0. The maximum Gasteiger partial charge on any atom is 0.408 e. The molecule has 0 saturated carbocycles. The van der Waals surface area contributed by atoms with Crippen molar-refractivity contribution in [1.82, 2.24) is 19.7 Å². The molecule has 0 amide bonds. The minimum Gasteiger partial charge on any atom is -0.249 e. The highest BCUT2D eigenvalue weighted by Crippen LogP contribution is 2.19. The Morgan fingerprint density at radius 1 is 1.33 bits per heavy atom. The number of hydrogen-bond acceptors (Lipinski definition) is 3. The van der Waals surface area contributed by atoms with E-state index in [2.05, 4.69) is 15.1 Å². The molecule has 2 aromatic rings. The lowest BCUT2D eigenvalue weighted by Crippen LogP contribution is -2.18. The van der Waals surface area contributed by atoms with Crippen LogP contribution < -0.4 is 0 Å². The summed E-state index contributed by atoms with van der Waals surface area (Å²) in [5, 5.41) is 3.59. The van der Waals surface area contributed by atoms with Crippen LogP contribution in [-0.2, 0) is 6.54 Å². The van der Waals surface area contributed by atoms with Crippen LogP contribution in [0.15, 0.2) is 12.4 Å². The van der Waals surface area contributed by atoms with Gasteiger partial charge in [-0.15, -0.1) is 0 Å². The second kappa shape index (κ2) is 3.18. The number of nitrogens with zero attached hydrogens (tertiary/aromatic N) is 4. The largest absolute Gasteiger partial charge is 0.408 e. The molecule has 0 radical (unpaired) electrons. The summed E-state index contributed by atoms with van der Waals surface area (Å²) in [5.74, 6) is 0. The summed E-state index contributed by atoms with van der Waals surface area (Å²) in [5.41, 5.74) is 1.09. The Labute approximate surface area is 82.8 Å². The zero-order valence-corrected chi connectivity index (χ0v) is 7.78. The Morgan fingerprint density at radius 3 is 2.73 bits per heavy atom. The molecule has 2 aromatic heterocycles. The van der Waals surface area contributed by atoms with E-state index in [0.717, 1.165) is 4.68 Å². The van der Waals surface area contributed by atoms with Crippen LogP contribution in [-0.4, -0.2) is 25.9 Å². The predicted molar refractivity (Wildman–Crippen MR) is 46.1 cm³/mol. The highest BCUT2D eigenvalue weighted by atomic mass is 19.4. The molecule has 0 bridgehead atoms. The van der Waals surface area contributed by atoms with Gasteiger partial charge in [0, 0.05) is 6.20 Å². The minimum atomic E-state index is -4.30. The fourth-order valence-electron chi connectivity index (χ4n) is 1.22. The number of hydrogen-bond donors (Lipinski definition) is 0. The van der Waals surface area contributed by atoms with Gasteiger partial charge in [0.1, 0.15) is 12.1 Å². The third kappa shape index (κ3) is 2.05. The molecule has 0 atom stereocenters. The summed E-state index contributed by atoms with van der Waals surface area (Å²) in [6.07, 6.45) is -1.54. The molecule has 4 nitrogen and oxygen atoms in total. The van der Waals surface area contributed by atoms with Crippen molar-refractivity contribution in [2.75, 3.05) is 0 Å². The van der Waals surface area contributed by atoms with Crippen molar-refractivity contribution in [3.63, 3.8) is 0 Å². The van der Waals surface area contributed by atoms with Crippen LogP contribution >= 0.6 is 0 Å². The van der Waals surface area contributed by atoms with Crippen LogP contribution in [0.2, 0.25) is 0 Å². The molecule has 0 aliphatic rings. The first kappa shape index (κ1) is 9.88. The first-order valence-corrected chi connectivity index (χ1v) is 4.17. The fourth-order valence-corrected chi connectivity index (χ4v) is 1.22. The molecule has 0 unspecified atom stereocenters. The first-order chi connectivity index (χ1) is 6.96. The Bertz CT molecular complexity index is 488. The van der Waals surface area contributed by atoms with E-state index in [9.17, 15) is 13.2 Å². The smallest absolute Gasteiger partial charge is 0.249 e. The maximum absolute atomic E-state index is 12.1. The highest BCUT2D eigenvalue weighted by molar-refractivity contribution is 5.68. The minimum absolute atomic E-state index is 0.160. The lowest BCUT2D eigenvalue weighted by Gasteiger charge is -2.06. The van der Waals surface area contributed by atoms with E-state index < -0.39 is 12.7 Å². The van der Waals surface area contributed by atoms with E-state index in [4.69, 9.17) is 0 Å². The van der Waals surface area contributed by atoms with Gasteiger partial charge in [-0.25, -0.2) is 14.6 Å². The van der Waals surface area contributed by atoms with Gasteiger partial charge in [0.2, 0.25) is 0 Å². The second-order valence-corrected chi connectivity index (χ2v) is 3.14. The van der Waals surface area contributed by atoms with Gasteiger partial charge in [-0.3, -0.25) is 0 Å². The summed E-state index contributed by atoms with van der Waals surface area (Å²) < 4.78 is 37.2. The Balaban J connectivity index is 2.48. The third-order valence-electron chi connectivity index (χ3n) is 1.79. The lowest BCUT2D eigenvalue weighted by atomic mass is 10.4. The van der Waals surface area contributed by atoms with Gasteiger partial charge >= 0.3 is 6.18 Å². The van der Waals surface area contributed by atoms with Crippen LogP contribution in [0.25, 0.3) is 11.2 Å². The van der Waals surface area contributed by atoms with Crippen molar-refractivity contribution in [3.8, 4) is 0 Å². The van der Waals surface area contributed by atoms with E-state index >= 15 is 0 Å². The van der Waals surface area contributed by atoms with E-state index in [1.54, 1.807) is 6.92 Å².